The molecule has 0 amide bonds. The molecule has 2 aliphatic rings. The van der Waals surface area contributed by atoms with Crippen LogP contribution in [-0.4, -0.2) is 108 Å². The maximum atomic E-state index is 9.91. The number of aliphatic hydroxyl groups is 2. The molecule has 0 aromatic carbocycles. The van der Waals surface area contributed by atoms with Crippen LogP contribution < -0.4 is 5.32 Å². The second kappa shape index (κ2) is 32.4. The first kappa shape index (κ1) is 50.8. The first-order valence-electron chi connectivity index (χ1n) is 18.2. The van der Waals surface area contributed by atoms with Crippen LogP contribution in [0.2, 0.25) is 0 Å². The molecular formula is C37H69Cl2N6O3U-. The average Bonchev–Trinajstić information content (AvgIpc) is 3.08. The molecule has 2 fully saturated rings. The van der Waals surface area contributed by atoms with Crippen molar-refractivity contribution in [3.63, 3.8) is 0 Å². The minimum absolute atomic E-state index is 0. The van der Waals surface area contributed by atoms with Crippen molar-refractivity contribution in [3.8, 4) is 0 Å². The molecule has 3 heterocycles. The number of nitrogens with one attached hydrogen (secondary N) is 2. The monoisotopic (exact) mass is 954 g/mol. The Hall–Kier alpha value is -0.278. The van der Waals surface area contributed by atoms with E-state index in [1.807, 2.05) is 44.1 Å². The zero-order chi connectivity index (χ0) is 36.2. The van der Waals surface area contributed by atoms with Crippen molar-refractivity contribution in [2.24, 2.45) is 11.1 Å². The normalized spacial score (nSPS) is 17.5. The van der Waals surface area contributed by atoms with E-state index in [0.29, 0.717) is 18.1 Å². The molecule has 9 nitrogen and oxygen atoms in total. The fourth-order valence-corrected chi connectivity index (χ4v) is 5.51. The molecule has 49 heavy (non-hydrogen) atoms. The number of halogens is 2. The van der Waals surface area contributed by atoms with E-state index < -0.39 is 6.10 Å². The zero-order valence-corrected chi connectivity index (χ0v) is 37.2. The van der Waals surface area contributed by atoms with Crippen molar-refractivity contribution in [2.45, 2.75) is 122 Å². The number of likely N-dealkylation sites (tertiary alicyclic amines) is 1. The number of pyridine rings is 1. The van der Waals surface area contributed by atoms with E-state index in [9.17, 15) is 5.11 Å². The Balaban J connectivity index is 0. The number of aliphatic hydroxyl groups excluding tert-OH is 2. The van der Waals surface area contributed by atoms with Crippen LogP contribution in [-0.2, 0) is 10.3 Å². The van der Waals surface area contributed by atoms with Crippen LogP contribution in [0, 0.1) is 49.4 Å². The SMILES string of the molecule is CC1CCN(CC(O)CO/N=C(/Cl)CCN(C)C)CC1.CCCCCCCC.N=C(Cl)C1(c2ccccn2)CCNCC1.[CH2-]C(O)CC.[U]. The number of β-amino-alcohol motifs (C(OH)–C–C–N with tert-alkyl or cyclic N) is 1. The topological polar surface area (TPSA) is 117 Å². The number of rotatable bonds is 16. The minimum Gasteiger partial charge on any atom is -0.425 e. The molecule has 0 spiro atoms. The molecule has 2 unspecified atom stereocenters. The van der Waals surface area contributed by atoms with E-state index in [1.165, 1.54) is 51.4 Å². The fraction of sp³-hybridized carbons (Fsp3) is 0.784. The molecule has 12 heteroatoms. The van der Waals surface area contributed by atoms with Gasteiger partial charge < -0.3 is 37.1 Å². The van der Waals surface area contributed by atoms with Crippen LogP contribution >= 0.6 is 23.2 Å². The number of unbranched alkanes of at least 4 members (excludes halogenated alkanes) is 5. The van der Waals surface area contributed by atoms with E-state index in [-0.39, 0.29) is 54.4 Å². The van der Waals surface area contributed by atoms with Crippen molar-refractivity contribution in [1.82, 2.24) is 20.1 Å². The smallest absolute Gasteiger partial charge is 0.146 e. The van der Waals surface area contributed by atoms with Crippen LogP contribution in [0.4, 0.5) is 0 Å². The summed E-state index contributed by atoms with van der Waals surface area (Å²) in [6.45, 7) is 17.6. The van der Waals surface area contributed by atoms with Gasteiger partial charge in [-0.15, -0.1) is 0 Å². The van der Waals surface area contributed by atoms with Gasteiger partial charge in [0.2, 0.25) is 0 Å². The van der Waals surface area contributed by atoms with Crippen molar-refractivity contribution in [2.75, 3.05) is 60.0 Å². The third-order valence-electron chi connectivity index (χ3n) is 8.50. The average molecular weight is 955 g/mol. The summed E-state index contributed by atoms with van der Waals surface area (Å²) < 4.78 is 0. The van der Waals surface area contributed by atoms with Crippen molar-refractivity contribution in [1.29, 1.82) is 5.41 Å². The largest absolute Gasteiger partial charge is 0.425 e. The predicted molar refractivity (Wildman–Crippen MR) is 206 cm³/mol. The number of aromatic nitrogens is 1. The van der Waals surface area contributed by atoms with Gasteiger partial charge in [-0.1, -0.05) is 113 Å². The Labute approximate surface area is 333 Å². The molecule has 0 aliphatic carbocycles. The molecular weight excluding hydrogens is 885 g/mol. The third kappa shape index (κ3) is 26.2. The number of oxime groups is 1. The van der Waals surface area contributed by atoms with Gasteiger partial charge in [-0.3, -0.25) is 10.4 Å². The molecule has 4 N–H and O–H groups in total. The molecule has 2 aliphatic heterocycles. The molecule has 2 saturated heterocycles. The summed E-state index contributed by atoms with van der Waals surface area (Å²) in [5, 5.41) is 33.7. The first-order valence-corrected chi connectivity index (χ1v) is 18.9. The van der Waals surface area contributed by atoms with Crippen molar-refractivity contribution in [3.05, 3.63) is 37.0 Å². The Kier molecular flexibility index (Phi) is 33.6. The van der Waals surface area contributed by atoms with Crippen molar-refractivity contribution >= 4 is 33.5 Å². The molecule has 2 atom stereocenters. The fourth-order valence-electron chi connectivity index (χ4n) is 5.09. The molecule has 0 saturated carbocycles. The second-order valence-electron chi connectivity index (χ2n) is 13.3. The molecule has 3 rings (SSSR count). The zero-order valence-electron chi connectivity index (χ0n) is 31.5. The number of nitrogens with zero attached hydrogens (tertiary/aromatic N) is 4. The Morgan fingerprint density at radius 2 is 1.67 bits per heavy atom. The second-order valence-corrected chi connectivity index (χ2v) is 14.1. The van der Waals surface area contributed by atoms with Crippen LogP contribution in [0.5, 0.6) is 0 Å². The number of hydrogen-bond acceptors (Lipinski definition) is 9. The van der Waals surface area contributed by atoms with Crippen LogP contribution in [0.3, 0.4) is 0 Å². The maximum absolute atomic E-state index is 9.91. The van der Waals surface area contributed by atoms with Gasteiger partial charge in [0.15, 0.2) is 0 Å². The molecule has 284 valence electrons. The summed E-state index contributed by atoms with van der Waals surface area (Å²) in [7, 11) is 3.96. The van der Waals surface area contributed by atoms with Gasteiger partial charge in [0.1, 0.15) is 23.1 Å². The molecule has 1 aromatic rings. The van der Waals surface area contributed by atoms with Crippen molar-refractivity contribution < 1.29 is 46.2 Å². The summed E-state index contributed by atoms with van der Waals surface area (Å²) in [6, 6.07) is 5.80. The molecule has 1 aromatic heterocycles. The van der Waals surface area contributed by atoms with Gasteiger partial charge in [0, 0.05) is 56.8 Å². The quantitative estimate of drug-likeness (QED) is 0.0588. The van der Waals surface area contributed by atoms with Crippen LogP contribution in [0.25, 0.3) is 0 Å². The minimum atomic E-state index is -0.509. The third-order valence-corrected chi connectivity index (χ3v) is 9.12. The molecule has 0 bridgehead atoms. The van der Waals surface area contributed by atoms with Gasteiger partial charge in [0.05, 0.1) is 11.1 Å². The van der Waals surface area contributed by atoms with Gasteiger partial charge in [-0.25, -0.2) is 0 Å². The van der Waals surface area contributed by atoms with Gasteiger partial charge in [0.25, 0.3) is 0 Å². The summed E-state index contributed by atoms with van der Waals surface area (Å²) in [6.07, 6.45) is 14.9. The van der Waals surface area contributed by atoms with E-state index >= 15 is 0 Å². The Morgan fingerprint density at radius 1 is 1.10 bits per heavy atom. The molecule has 0 radical (unpaired) electrons. The van der Waals surface area contributed by atoms with Gasteiger partial charge in [-0.2, -0.15) is 0 Å². The predicted octanol–water partition coefficient (Wildman–Crippen LogP) is 7.48. The summed E-state index contributed by atoms with van der Waals surface area (Å²) in [5.74, 6) is 0.805. The standard InChI is InChI=1S/C14H28ClN3O2.C11H14ClN3.C8H18.C4H9O.U/c1-12-4-8-18(9-5-12)10-13(19)11-20-16-14(15)6-7-17(2)3;12-10(13)11(4-7-14-8-5-11)9-3-1-2-6-15-9;1-3-5-7-8-6-4-2;1-3-4(2)5;/h12-13,19H,4-11H2,1-3H3;1-3,6,13-14H,4-5,7-8H2;3-8H2,1-2H3;4-5H,2-3H2,1H3;/q;;;-1;/b16-14+;;;;. The van der Waals surface area contributed by atoms with Gasteiger partial charge in [-0.05, 0) is 84.0 Å². The van der Waals surface area contributed by atoms with Gasteiger partial charge >= 0.3 is 0 Å². The Morgan fingerprint density at radius 3 is 2.12 bits per heavy atom. The van der Waals surface area contributed by atoms with E-state index in [2.05, 4.69) is 48.1 Å². The van der Waals surface area contributed by atoms with E-state index in [4.69, 9.17) is 38.6 Å². The summed E-state index contributed by atoms with van der Waals surface area (Å²) >= 11 is 11.9. The first-order chi connectivity index (χ1) is 22.9. The summed E-state index contributed by atoms with van der Waals surface area (Å²) in [5.41, 5.74) is 0.570. The number of piperidine rings is 2. The Bertz CT molecular complexity index is 926. The van der Waals surface area contributed by atoms with E-state index in [1.54, 1.807) is 6.20 Å². The summed E-state index contributed by atoms with van der Waals surface area (Å²) in [4.78, 5) is 13.8. The number of hydrogen-bond donors (Lipinski definition) is 4. The van der Waals surface area contributed by atoms with E-state index in [0.717, 1.165) is 63.6 Å². The van der Waals surface area contributed by atoms with Crippen LogP contribution in [0.1, 0.15) is 110 Å². The maximum Gasteiger partial charge on any atom is 0.146 e. The van der Waals surface area contributed by atoms with Crippen LogP contribution in [0.15, 0.2) is 29.6 Å².